The minimum atomic E-state index is -1.96. The lowest BCUT2D eigenvalue weighted by molar-refractivity contribution is -0.286. The predicted octanol–water partition coefficient (Wildman–Crippen LogP) is 0.424. The van der Waals surface area contributed by atoms with E-state index in [0.29, 0.717) is 6.42 Å². The molecule has 0 radical (unpaired) electrons. The number of carbonyl (C=O) groups excluding carboxylic acids is 1. The maximum Gasteiger partial charge on any atom is 0.335 e. The lowest BCUT2D eigenvalue weighted by atomic mass is 9.96. The van der Waals surface area contributed by atoms with Gasteiger partial charge in [-0.1, -0.05) is 38.0 Å². The third-order valence-electron chi connectivity index (χ3n) is 4.14. The Morgan fingerprint density at radius 2 is 1.70 bits per heavy atom. The molecule has 0 aliphatic carbocycles. The summed E-state index contributed by atoms with van der Waals surface area (Å²) in [6.07, 6.45) is -9.43. The minimum Gasteiger partial charge on any atom is -0.479 e. The molecule has 0 bridgehead atoms. The molecule has 1 unspecified atom stereocenters. The number of carboxylic acids is 1. The topological polar surface area (TPSA) is 134 Å². The minimum absolute atomic E-state index is 0.0779. The van der Waals surface area contributed by atoms with Crippen LogP contribution in [0, 0.1) is 5.92 Å². The number of aliphatic hydroxyl groups excluding tert-OH is 3. The SMILES string of the molecule is [2H]c1c([2H])c(C(C)C(=O)O[C@@H]2O[C@H](C(=O)O)[C@@H](O)[C@H](O)[C@H]2O)c([2H])c([2H])c1CC(C)C. The second-order valence-corrected chi connectivity index (χ2v) is 6.88. The molecular weight excluding hydrogens is 356 g/mol. The molecule has 6 atom stereocenters. The average molecular weight is 386 g/mol. The van der Waals surface area contributed by atoms with E-state index in [1.54, 1.807) is 0 Å². The van der Waals surface area contributed by atoms with Gasteiger partial charge in [0.05, 0.1) is 11.4 Å². The number of carbonyl (C=O) groups is 2. The lowest BCUT2D eigenvalue weighted by Gasteiger charge is -2.38. The molecule has 1 aliphatic rings. The fourth-order valence-corrected chi connectivity index (χ4v) is 2.56. The van der Waals surface area contributed by atoms with Crippen LogP contribution in [0.1, 0.15) is 43.3 Å². The van der Waals surface area contributed by atoms with E-state index in [0.717, 1.165) is 0 Å². The summed E-state index contributed by atoms with van der Waals surface area (Å²) in [7, 11) is 0. The molecule has 1 saturated heterocycles. The van der Waals surface area contributed by atoms with Crippen LogP contribution in [0.15, 0.2) is 24.2 Å². The Morgan fingerprint density at radius 1 is 1.11 bits per heavy atom. The molecule has 0 saturated carbocycles. The second-order valence-electron chi connectivity index (χ2n) is 6.88. The fraction of sp³-hybridized carbons (Fsp3) is 0.579. The summed E-state index contributed by atoms with van der Waals surface area (Å²) in [4.78, 5) is 23.8. The summed E-state index contributed by atoms with van der Waals surface area (Å²) in [5.41, 5.74) is -0.00469. The Morgan fingerprint density at radius 3 is 2.22 bits per heavy atom. The highest BCUT2D eigenvalue weighted by Gasteiger charge is 2.48. The summed E-state index contributed by atoms with van der Waals surface area (Å²) in [5.74, 6) is -4.03. The zero-order chi connectivity index (χ0) is 23.8. The summed E-state index contributed by atoms with van der Waals surface area (Å²) in [5, 5.41) is 38.6. The number of ether oxygens (including phenoxy) is 2. The molecule has 27 heavy (non-hydrogen) atoms. The highest BCUT2D eigenvalue weighted by atomic mass is 16.7. The largest absolute Gasteiger partial charge is 0.479 e. The third kappa shape index (κ3) is 5.04. The van der Waals surface area contributed by atoms with Crippen molar-refractivity contribution < 1.29 is 45.0 Å². The van der Waals surface area contributed by atoms with Crippen LogP contribution in [0.4, 0.5) is 0 Å². The van der Waals surface area contributed by atoms with Gasteiger partial charge in [0.25, 0.3) is 0 Å². The maximum atomic E-state index is 12.6. The van der Waals surface area contributed by atoms with E-state index in [4.69, 9.17) is 20.1 Å². The van der Waals surface area contributed by atoms with E-state index >= 15 is 0 Å². The smallest absolute Gasteiger partial charge is 0.335 e. The van der Waals surface area contributed by atoms with E-state index in [-0.39, 0.29) is 29.1 Å². The highest BCUT2D eigenvalue weighted by Crippen LogP contribution is 2.25. The van der Waals surface area contributed by atoms with Crippen molar-refractivity contribution in [2.75, 3.05) is 0 Å². The van der Waals surface area contributed by atoms with Crippen molar-refractivity contribution in [1.29, 1.82) is 0 Å². The molecule has 2 rings (SSSR count). The molecule has 1 heterocycles. The fourth-order valence-electron chi connectivity index (χ4n) is 2.56. The number of carboxylic acid groups (broad SMARTS) is 1. The van der Waals surface area contributed by atoms with Gasteiger partial charge in [-0.3, -0.25) is 4.79 Å². The molecule has 8 heteroatoms. The number of aliphatic carboxylic acids is 1. The normalized spacial score (nSPS) is 31.4. The first-order valence-electron chi connectivity index (χ1n) is 10.5. The zero-order valence-corrected chi connectivity index (χ0v) is 15.2. The van der Waals surface area contributed by atoms with Crippen molar-refractivity contribution in [1.82, 2.24) is 0 Å². The van der Waals surface area contributed by atoms with Crippen LogP contribution in [0.3, 0.4) is 0 Å². The Labute approximate surface area is 163 Å². The number of aliphatic hydroxyl groups is 3. The monoisotopic (exact) mass is 386 g/mol. The van der Waals surface area contributed by atoms with Gasteiger partial charge in [-0.15, -0.1) is 0 Å². The van der Waals surface area contributed by atoms with Gasteiger partial charge < -0.3 is 29.9 Å². The molecule has 1 fully saturated rings. The Balaban J connectivity index is 2.32. The Hall–Kier alpha value is -2.00. The Bertz CT molecular complexity index is 833. The first-order chi connectivity index (χ1) is 14.3. The average Bonchev–Trinajstić information content (AvgIpc) is 2.69. The van der Waals surface area contributed by atoms with Crippen LogP contribution >= 0.6 is 0 Å². The molecule has 150 valence electrons. The standard InChI is InChI=1S/C19H26O8/c1-9(2)8-11-4-6-12(7-5-11)10(3)18(25)27-19-15(22)13(20)14(21)16(26-19)17(23)24/h4-7,9-10,13-16,19-22H,8H2,1-3H3,(H,23,24)/t10?,13-,14-,15+,16-,19-/m0/s1/i4D,5D,6D,7D. The van der Waals surface area contributed by atoms with Crippen LogP contribution < -0.4 is 0 Å². The van der Waals surface area contributed by atoms with E-state index in [9.17, 15) is 24.9 Å². The molecule has 4 N–H and O–H groups in total. The number of hydrogen-bond donors (Lipinski definition) is 4. The molecule has 1 aromatic rings. The van der Waals surface area contributed by atoms with Gasteiger partial charge in [0.2, 0.25) is 6.29 Å². The summed E-state index contributed by atoms with van der Waals surface area (Å²) < 4.78 is 42.7. The van der Waals surface area contributed by atoms with Gasteiger partial charge in [-0.25, -0.2) is 4.79 Å². The van der Waals surface area contributed by atoms with Crippen molar-refractivity contribution in [2.24, 2.45) is 5.92 Å². The van der Waals surface area contributed by atoms with Gasteiger partial charge in [-0.2, -0.15) is 0 Å². The van der Waals surface area contributed by atoms with Crippen LogP contribution in [-0.4, -0.2) is 63.1 Å². The van der Waals surface area contributed by atoms with Crippen LogP contribution in [0.2, 0.25) is 0 Å². The molecule has 0 aromatic heterocycles. The van der Waals surface area contributed by atoms with Crippen molar-refractivity contribution >= 4 is 11.9 Å². The lowest BCUT2D eigenvalue weighted by Crippen LogP contribution is -2.60. The van der Waals surface area contributed by atoms with E-state index in [2.05, 4.69) is 0 Å². The number of benzene rings is 1. The first kappa shape index (κ1) is 16.0. The summed E-state index contributed by atoms with van der Waals surface area (Å²) >= 11 is 0. The molecule has 1 aliphatic heterocycles. The Kier molecular flexibility index (Phi) is 5.21. The van der Waals surface area contributed by atoms with Gasteiger partial charge in [-0.05, 0) is 30.4 Å². The van der Waals surface area contributed by atoms with Crippen molar-refractivity contribution in [3.05, 3.63) is 35.3 Å². The van der Waals surface area contributed by atoms with Gasteiger partial charge in [0.15, 0.2) is 6.10 Å². The summed E-state index contributed by atoms with van der Waals surface area (Å²) in [6.45, 7) is 5.00. The molecule has 0 spiro atoms. The van der Waals surface area contributed by atoms with Crippen LogP contribution in [0.25, 0.3) is 0 Å². The third-order valence-corrected chi connectivity index (χ3v) is 4.14. The van der Waals surface area contributed by atoms with Crippen molar-refractivity contribution in [3.8, 4) is 0 Å². The van der Waals surface area contributed by atoms with Crippen molar-refractivity contribution in [2.45, 2.75) is 63.8 Å². The second kappa shape index (κ2) is 8.79. The number of hydrogen-bond acceptors (Lipinski definition) is 7. The summed E-state index contributed by atoms with van der Waals surface area (Å²) in [6, 6.07) is -1.37. The number of esters is 1. The van der Waals surface area contributed by atoms with Gasteiger partial charge in [0, 0.05) is 0 Å². The van der Waals surface area contributed by atoms with Crippen LogP contribution in [0.5, 0.6) is 0 Å². The first-order valence-corrected chi connectivity index (χ1v) is 8.51. The van der Waals surface area contributed by atoms with Crippen LogP contribution in [-0.2, 0) is 25.5 Å². The number of rotatable bonds is 6. The van der Waals surface area contributed by atoms with Gasteiger partial charge >= 0.3 is 11.9 Å². The zero-order valence-electron chi connectivity index (χ0n) is 19.2. The molecular formula is C19H26O8. The van der Waals surface area contributed by atoms with E-state index < -0.39 is 60.6 Å². The van der Waals surface area contributed by atoms with Gasteiger partial charge in [0.1, 0.15) is 18.3 Å². The van der Waals surface area contributed by atoms with E-state index in [1.807, 2.05) is 13.8 Å². The van der Waals surface area contributed by atoms with E-state index in [1.165, 1.54) is 6.92 Å². The predicted molar refractivity (Wildman–Crippen MR) is 93.8 cm³/mol. The molecule has 8 nitrogen and oxygen atoms in total. The molecule has 1 aromatic carbocycles. The maximum absolute atomic E-state index is 12.6. The van der Waals surface area contributed by atoms with Crippen molar-refractivity contribution in [3.63, 3.8) is 0 Å². The highest BCUT2D eigenvalue weighted by molar-refractivity contribution is 5.78. The molecule has 0 amide bonds. The quantitative estimate of drug-likeness (QED) is 0.517.